The molecule has 0 atom stereocenters. The summed E-state index contributed by atoms with van der Waals surface area (Å²) in [5.74, 6) is -0.581. The summed E-state index contributed by atoms with van der Waals surface area (Å²) >= 11 is 0. The van der Waals surface area contributed by atoms with Crippen LogP contribution in [0.25, 0.3) is 0 Å². The molecule has 1 aliphatic carbocycles. The predicted molar refractivity (Wildman–Crippen MR) is 89.0 cm³/mol. The molecule has 126 valence electrons. The van der Waals surface area contributed by atoms with Crippen LogP contribution in [0.4, 0.5) is 4.39 Å². The molecule has 2 N–H and O–H groups in total. The molecule has 0 heterocycles. The second-order valence-electron chi connectivity index (χ2n) is 6.14. The molecule has 3 rings (SSSR count). The van der Waals surface area contributed by atoms with Gasteiger partial charge in [0, 0.05) is 12.6 Å². The van der Waals surface area contributed by atoms with Gasteiger partial charge in [-0.25, -0.2) is 9.18 Å². The van der Waals surface area contributed by atoms with E-state index in [1.165, 1.54) is 7.11 Å². The summed E-state index contributed by atoms with van der Waals surface area (Å²) in [6.45, 7) is 0.703. The van der Waals surface area contributed by atoms with Gasteiger partial charge in [-0.15, -0.1) is 0 Å². The number of benzene rings is 2. The highest BCUT2D eigenvalue weighted by molar-refractivity contribution is 5.87. The number of rotatable bonds is 6. The number of nitrogens with one attached hydrogen (secondary N) is 1. The van der Waals surface area contributed by atoms with Gasteiger partial charge in [0.15, 0.2) is 11.6 Å². The zero-order valence-electron chi connectivity index (χ0n) is 13.5. The topological polar surface area (TPSA) is 58.6 Å². The van der Waals surface area contributed by atoms with Gasteiger partial charge in [0.2, 0.25) is 0 Å². The Morgan fingerprint density at radius 1 is 1.25 bits per heavy atom. The van der Waals surface area contributed by atoms with Gasteiger partial charge in [0.1, 0.15) is 0 Å². The van der Waals surface area contributed by atoms with Crippen molar-refractivity contribution >= 4 is 5.97 Å². The average molecular weight is 329 g/mol. The van der Waals surface area contributed by atoms with Gasteiger partial charge in [0.05, 0.1) is 12.7 Å². The van der Waals surface area contributed by atoms with E-state index in [2.05, 4.69) is 5.32 Å². The van der Waals surface area contributed by atoms with Crippen LogP contribution < -0.4 is 10.1 Å². The second-order valence-corrected chi connectivity index (χ2v) is 6.14. The van der Waals surface area contributed by atoms with Crippen molar-refractivity contribution in [1.82, 2.24) is 5.32 Å². The van der Waals surface area contributed by atoms with Crippen molar-refractivity contribution in [2.45, 2.75) is 31.3 Å². The maximum absolute atomic E-state index is 13.7. The third-order valence-electron chi connectivity index (χ3n) is 4.58. The maximum Gasteiger partial charge on any atom is 0.335 e. The third-order valence-corrected chi connectivity index (χ3v) is 4.58. The van der Waals surface area contributed by atoms with Crippen molar-refractivity contribution < 1.29 is 19.0 Å². The summed E-state index contributed by atoms with van der Waals surface area (Å²) in [6.07, 6.45) is 1.94. The van der Waals surface area contributed by atoms with Crippen LogP contribution in [-0.4, -0.2) is 24.2 Å². The molecule has 2 aromatic carbocycles. The van der Waals surface area contributed by atoms with E-state index in [0.717, 1.165) is 24.0 Å². The molecule has 0 aliphatic heterocycles. The fourth-order valence-corrected chi connectivity index (χ4v) is 3.02. The molecule has 5 heteroatoms. The first-order valence-corrected chi connectivity index (χ1v) is 7.96. The first kappa shape index (κ1) is 16.5. The number of carboxylic acid groups (broad SMARTS) is 1. The molecular weight excluding hydrogens is 309 g/mol. The Kier molecular flexibility index (Phi) is 4.81. The second kappa shape index (κ2) is 7.01. The summed E-state index contributed by atoms with van der Waals surface area (Å²) in [4.78, 5) is 10.8. The number of methoxy groups -OCH3 is 1. The molecule has 0 amide bonds. The average Bonchev–Trinajstić information content (AvgIpc) is 2.54. The highest BCUT2D eigenvalue weighted by Gasteiger charge is 2.30. The lowest BCUT2D eigenvalue weighted by atomic mass is 9.76. The van der Waals surface area contributed by atoms with Crippen molar-refractivity contribution in [1.29, 1.82) is 0 Å². The minimum absolute atomic E-state index is 0.276. The van der Waals surface area contributed by atoms with Crippen LogP contribution in [0.1, 0.15) is 40.2 Å². The van der Waals surface area contributed by atoms with Gasteiger partial charge in [0.25, 0.3) is 0 Å². The van der Waals surface area contributed by atoms with Crippen LogP contribution in [-0.2, 0) is 6.54 Å². The van der Waals surface area contributed by atoms with E-state index in [0.29, 0.717) is 24.1 Å². The summed E-state index contributed by atoms with van der Waals surface area (Å²) < 4.78 is 18.7. The van der Waals surface area contributed by atoms with Crippen LogP contribution >= 0.6 is 0 Å². The number of aromatic carboxylic acids is 1. The fourth-order valence-electron chi connectivity index (χ4n) is 3.02. The Hall–Kier alpha value is -2.40. The van der Waals surface area contributed by atoms with Crippen molar-refractivity contribution in [3.8, 4) is 5.75 Å². The van der Waals surface area contributed by atoms with Crippen molar-refractivity contribution in [2.75, 3.05) is 7.11 Å². The van der Waals surface area contributed by atoms with E-state index in [1.54, 1.807) is 24.3 Å². The minimum atomic E-state index is -0.914. The smallest absolute Gasteiger partial charge is 0.335 e. The SMILES string of the molecule is COc1ccc(C2CC(NCc3ccc(C(=O)O)cc3)C2)cc1F. The molecule has 2 aromatic rings. The molecule has 0 bridgehead atoms. The van der Waals surface area contributed by atoms with E-state index < -0.39 is 5.97 Å². The Morgan fingerprint density at radius 3 is 2.54 bits per heavy atom. The summed E-state index contributed by atoms with van der Waals surface area (Å²) in [6, 6.07) is 12.4. The molecule has 0 saturated heterocycles. The number of hydrogen-bond donors (Lipinski definition) is 2. The molecule has 0 aromatic heterocycles. The normalized spacial score (nSPS) is 19.6. The summed E-state index contributed by atoms with van der Waals surface area (Å²) in [5.41, 5.74) is 2.36. The molecule has 24 heavy (non-hydrogen) atoms. The van der Waals surface area contributed by atoms with Gasteiger partial charge in [-0.05, 0) is 54.2 Å². The number of halogens is 1. The first-order chi connectivity index (χ1) is 11.6. The third kappa shape index (κ3) is 3.57. The van der Waals surface area contributed by atoms with Crippen LogP contribution in [0.5, 0.6) is 5.75 Å². The first-order valence-electron chi connectivity index (χ1n) is 7.96. The largest absolute Gasteiger partial charge is 0.494 e. The quantitative estimate of drug-likeness (QED) is 0.851. The van der Waals surface area contributed by atoms with E-state index in [-0.39, 0.29) is 11.6 Å². The van der Waals surface area contributed by atoms with Gasteiger partial charge < -0.3 is 15.2 Å². The minimum Gasteiger partial charge on any atom is -0.494 e. The number of hydrogen-bond acceptors (Lipinski definition) is 3. The van der Waals surface area contributed by atoms with Gasteiger partial charge in [-0.3, -0.25) is 0 Å². The lowest BCUT2D eigenvalue weighted by Gasteiger charge is -2.36. The van der Waals surface area contributed by atoms with Crippen LogP contribution in [0.3, 0.4) is 0 Å². The molecule has 0 radical (unpaired) electrons. The van der Waals surface area contributed by atoms with E-state index in [9.17, 15) is 9.18 Å². The number of ether oxygens (including phenoxy) is 1. The fraction of sp³-hybridized carbons (Fsp3) is 0.316. The summed E-state index contributed by atoms with van der Waals surface area (Å²) in [5, 5.41) is 12.3. The van der Waals surface area contributed by atoms with Crippen molar-refractivity contribution in [3.05, 3.63) is 65.0 Å². The van der Waals surface area contributed by atoms with Crippen LogP contribution in [0.15, 0.2) is 42.5 Å². The molecule has 0 unspecified atom stereocenters. The lowest BCUT2D eigenvalue weighted by Crippen LogP contribution is -2.39. The molecule has 4 nitrogen and oxygen atoms in total. The van der Waals surface area contributed by atoms with E-state index in [4.69, 9.17) is 9.84 Å². The zero-order valence-corrected chi connectivity index (χ0v) is 13.5. The van der Waals surface area contributed by atoms with Crippen molar-refractivity contribution in [2.24, 2.45) is 0 Å². The van der Waals surface area contributed by atoms with Crippen LogP contribution in [0, 0.1) is 5.82 Å². The Balaban J connectivity index is 1.48. The van der Waals surface area contributed by atoms with Gasteiger partial charge in [-0.2, -0.15) is 0 Å². The van der Waals surface area contributed by atoms with Gasteiger partial charge >= 0.3 is 5.97 Å². The predicted octanol–water partition coefficient (Wildman–Crippen LogP) is 3.57. The van der Waals surface area contributed by atoms with E-state index >= 15 is 0 Å². The Labute approximate surface area is 140 Å². The van der Waals surface area contributed by atoms with E-state index in [1.807, 2.05) is 18.2 Å². The number of carboxylic acids is 1. The monoisotopic (exact) mass is 329 g/mol. The number of carbonyl (C=O) groups is 1. The highest BCUT2D eigenvalue weighted by atomic mass is 19.1. The molecule has 1 aliphatic rings. The molecule has 1 saturated carbocycles. The maximum atomic E-state index is 13.7. The standard InChI is InChI=1S/C19H20FNO3/c1-24-18-7-6-14(10-17(18)20)15-8-16(9-15)21-11-12-2-4-13(5-3-12)19(22)23/h2-7,10,15-16,21H,8-9,11H2,1H3,(H,22,23). The molecule has 1 fully saturated rings. The van der Waals surface area contributed by atoms with Crippen molar-refractivity contribution in [3.63, 3.8) is 0 Å². The lowest BCUT2D eigenvalue weighted by molar-refractivity contribution is 0.0697. The molecule has 0 spiro atoms. The Morgan fingerprint density at radius 2 is 1.96 bits per heavy atom. The molecular formula is C19H20FNO3. The zero-order chi connectivity index (χ0) is 17.1. The highest BCUT2D eigenvalue weighted by Crippen LogP contribution is 2.38. The Bertz CT molecular complexity index is 724. The van der Waals surface area contributed by atoms with Crippen LogP contribution in [0.2, 0.25) is 0 Å². The van der Waals surface area contributed by atoms with Gasteiger partial charge in [-0.1, -0.05) is 18.2 Å². The summed E-state index contributed by atoms with van der Waals surface area (Å²) in [7, 11) is 1.46.